The minimum absolute atomic E-state index is 0.137. The van der Waals surface area contributed by atoms with Crippen molar-refractivity contribution in [1.82, 2.24) is 5.32 Å². The maximum absolute atomic E-state index is 11.8. The van der Waals surface area contributed by atoms with Crippen molar-refractivity contribution in [2.75, 3.05) is 0 Å². The van der Waals surface area contributed by atoms with Gasteiger partial charge in [0, 0.05) is 19.0 Å². The molecule has 0 heterocycles. The van der Waals surface area contributed by atoms with Crippen molar-refractivity contribution < 1.29 is 4.79 Å². The van der Waals surface area contributed by atoms with E-state index in [2.05, 4.69) is 5.32 Å². The van der Waals surface area contributed by atoms with Gasteiger partial charge in [0.15, 0.2) is 0 Å². The molecule has 1 rings (SSSR count). The summed E-state index contributed by atoms with van der Waals surface area (Å²) in [5.41, 5.74) is 7.75. The lowest BCUT2D eigenvalue weighted by atomic mass is 10.0. The van der Waals surface area contributed by atoms with Crippen LogP contribution in [0.4, 0.5) is 0 Å². The van der Waals surface area contributed by atoms with E-state index in [9.17, 15) is 4.79 Å². The second-order valence-corrected chi connectivity index (χ2v) is 4.25. The summed E-state index contributed by atoms with van der Waals surface area (Å²) in [6.07, 6.45) is 1.79. The standard InChI is InChI=1S/C14H22N2O/c1-3-13(4-2)14(17)16-10-12-7-5-11(9-15)6-8-12/h5-8,13H,3-4,9-10,15H2,1-2H3,(H,16,17). The van der Waals surface area contributed by atoms with Gasteiger partial charge in [0.1, 0.15) is 0 Å². The monoisotopic (exact) mass is 234 g/mol. The molecular formula is C14H22N2O. The molecule has 0 fully saturated rings. The molecule has 0 saturated heterocycles. The van der Waals surface area contributed by atoms with Crippen molar-refractivity contribution in [3.05, 3.63) is 35.4 Å². The number of hydrogen-bond donors (Lipinski definition) is 2. The molecule has 17 heavy (non-hydrogen) atoms. The van der Waals surface area contributed by atoms with Gasteiger partial charge in [-0.05, 0) is 24.0 Å². The first kappa shape index (κ1) is 13.7. The SMILES string of the molecule is CCC(CC)C(=O)NCc1ccc(CN)cc1. The van der Waals surface area contributed by atoms with Crippen LogP contribution in [0.2, 0.25) is 0 Å². The van der Waals surface area contributed by atoms with E-state index < -0.39 is 0 Å². The highest BCUT2D eigenvalue weighted by atomic mass is 16.1. The van der Waals surface area contributed by atoms with E-state index in [4.69, 9.17) is 5.73 Å². The van der Waals surface area contributed by atoms with Gasteiger partial charge in [-0.25, -0.2) is 0 Å². The molecule has 0 spiro atoms. The smallest absolute Gasteiger partial charge is 0.223 e. The molecule has 3 nitrogen and oxygen atoms in total. The van der Waals surface area contributed by atoms with Crippen LogP contribution < -0.4 is 11.1 Å². The molecule has 94 valence electrons. The third-order valence-corrected chi connectivity index (χ3v) is 3.08. The summed E-state index contributed by atoms with van der Waals surface area (Å²) in [6.45, 7) is 5.24. The third kappa shape index (κ3) is 4.19. The highest BCUT2D eigenvalue weighted by Gasteiger charge is 2.12. The number of rotatable bonds is 6. The number of benzene rings is 1. The minimum Gasteiger partial charge on any atom is -0.352 e. The number of nitrogens with two attached hydrogens (primary N) is 1. The first-order valence-corrected chi connectivity index (χ1v) is 6.26. The van der Waals surface area contributed by atoms with Gasteiger partial charge in [-0.2, -0.15) is 0 Å². The van der Waals surface area contributed by atoms with E-state index in [0.717, 1.165) is 24.0 Å². The van der Waals surface area contributed by atoms with Crippen molar-refractivity contribution in [3.63, 3.8) is 0 Å². The Morgan fingerprint density at radius 3 is 2.18 bits per heavy atom. The molecule has 3 N–H and O–H groups in total. The zero-order chi connectivity index (χ0) is 12.7. The predicted molar refractivity (Wildman–Crippen MR) is 70.3 cm³/mol. The molecule has 3 heteroatoms. The van der Waals surface area contributed by atoms with Crippen molar-refractivity contribution in [2.45, 2.75) is 39.8 Å². The van der Waals surface area contributed by atoms with Crippen LogP contribution in [0.15, 0.2) is 24.3 Å². The Morgan fingerprint density at radius 2 is 1.71 bits per heavy atom. The summed E-state index contributed by atoms with van der Waals surface area (Å²) in [5.74, 6) is 0.288. The normalized spacial score (nSPS) is 10.6. The highest BCUT2D eigenvalue weighted by Crippen LogP contribution is 2.08. The summed E-state index contributed by atoms with van der Waals surface area (Å²) < 4.78 is 0. The van der Waals surface area contributed by atoms with Crippen molar-refractivity contribution >= 4 is 5.91 Å². The van der Waals surface area contributed by atoms with E-state index in [-0.39, 0.29) is 11.8 Å². The van der Waals surface area contributed by atoms with Gasteiger partial charge in [-0.3, -0.25) is 4.79 Å². The van der Waals surface area contributed by atoms with Crippen LogP contribution in [0.3, 0.4) is 0 Å². The van der Waals surface area contributed by atoms with Crippen molar-refractivity contribution in [1.29, 1.82) is 0 Å². The fraction of sp³-hybridized carbons (Fsp3) is 0.500. The number of amides is 1. The molecule has 0 aliphatic rings. The van der Waals surface area contributed by atoms with Crippen molar-refractivity contribution in [3.8, 4) is 0 Å². The van der Waals surface area contributed by atoms with Gasteiger partial charge in [0.25, 0.3) is 0 Å². The average Bonchev–Trinajstić information content (AvgIpc) is 2.38. The van der Waals surface area contributed by atoms with Crippen LogP contribution >= 0.6 is 0 Å². The van der Waals surface area contributed by atoms with Crippen LogP contribution in [0.25, 0.3) is 0 Å². The molecule has 0 aliphatic heterocycles. The van der Waals surface area contributed by atoms with Gasteiger partial charge < -0.3 is 11.1 Å². The summed E-state index contributed by atoms with van der Waals surface area (Å²) in [5, 5.41) is 2.97. The van der Waals surface area contributed by atoms with Gasteiger partial charge in [0.05, 0.1) is 0 Å². The largest absolute Gasteiger partial charge is 0.352 e. The summed E-state index contributed by atoms with van der Waals surface area (Å²) in [7, 11) is 0. The second-order valence-electron chi connectivity index (χ2n) is 4.25. The zero-order valence-electron chi connectivity index (χ0n) is 10.7. The average molecular weight is 234 g/mol. The first-order valence-electron chi connectivity index (χ1n) is 6.26. The Hall–Kier alpha value is -1.35. The van der Waals surface area contributed by atoms with E-state index in [1.165, 1.54) is 0 Å². The lowest BCUT2D eigenvalue weighted by molar-refractivity contribution is -0.125. The van der Waals surface area contributed by atoms with Gasteiger partial charge >= 0.3 is 0 Å². The predicted octanol–water partition coefficient (Wildman–Crippen LogP) is 2.20. The molecule has 0 unspecified atom stereocenters. The van der Waals surface area contributed by atoms with Crippen LogP contribution in [0, 0.1) is 5.92 Å². The quantitative estimate of drug-likeness (QED) is 0.792. The van der Waals surface area contributed by atoms with Gasteiger partial charge in [-0.1, -0.05) is 38.1 Å². The minimum atomic E-state index is 0.137. The van der Waals surface area contributed by atoms with Crippen LogP contribution in [-0.2, 0) is 17.9 Å². The van der Waals surface area contributed by atoms with Crippen LogP contribution in [-0.4, -0.2) is 5.91 Å². The first-order chi connectivity index (χ1) is 8.21. The van der Waals surface area contributed by atoms with Crippen molar-refractivity contribution in [2.24, 2.45) is 11.7 Å². The molecule has 0 aliphatic carbocycles. The Bertz CT molecular complexity index is 342. The van der Waals surface area contributed by atoms with E-state index in [0.29, 0.717) is 13.1 Å². The number of hydrogen-bond acceptors (Lipinski definition) is 2. The van der Waals surface area contributed by atoms with Gasteiger partial charge in [-0.15, -0.1) is 0 Å². The van der Waals surface area contributed by atoms with E-state index in [1.807, 2.05) is 38.1 Å². The molecule has 1 aromatic carbocycles. The topological polar surface area (TPSA) is 55.1 Å². The number of carbonyl (C=O) groups excluding carboxylic acids is 1. The Labute approximate surface area is 103 Å². The van der Waals surface area contributed by atoms with Crippen LogP contribution in [0.1, 0.15) is 37.8 Å². The fourth-order valence-corrected chi connectivity index (χ4v) is 1.79. The number of nitrogens with one attached hydrogen (secondary N) is 1. The Balaban J connectivity index is 2.46. The van der Waals surface area contributed by atoms with E-state index >= 15 is 0 Å². The number of carbonyl (C=O) groups is 1. The second kappa shape index (κ2) is 7.07. The summed E-state index contributed by atoms with van der Waals surface area (Å²) >= 11 is 0. The Kier molecular flexibility index (Phi) is 5.70. The molecular weight excluding hydrogens is 212 g/mol. The molecule has 0 bridgehead atoms. The maximum Gasteiger partial charge on any atom is 0.223 e. The molecule has 0 aromatic heterocycles. The molecule has 1 aromatic rings. The van der Waals surface area contributed by atoms with Gasteiger partial charge in [0.2, 0.25) is 5.91 Å². The molecule has 0 atom stereocenters. The summed E-state index contributed by atoms with van der Waals surface area (Å²) in [4.78, 5) is 11.8. The lowest BCUT2D eigenvalue weighted by Crippen LogP contribution is -2.29. The Morgan fingerprint density at radius 1 is 1.18 bits per heavy atom. The van der Waals surface area contributed by atoms with E-state index in [1.54, 1.807) is 0 Å². The molecule has 0 radical (unpaired) electrons. The third-order valence-electron chi connectivity index (χ3n) is 3.08. The highest BCUT2D eigenvalue weighted by molar-refractivity contribution is 5.78. The summed E-state index contributed by atoms with van der Waals surface area (Å²) in [6, 6.07) is 8.02. The fourth-order valence-electron chi connectivity index (χ4n) is 1.79. The van der Waals surface area contributed by atoms with Crippen LogP contribution in [0.5, 0.6) is 0 Å². The molecule has 1 amide bonds. The molecule has 0 saturated carbocycles. The zero-order valence-corrected chi connectivity index (χ0v) is 10.7. The maximum atomic E-state index is 11.8. The lowest BCUT2D eigenvalue weighted by Gasteiger charge is -2.12.